The molecular weight excluding hydrogens is 606 g/mol. The zero-order valence-electron chi connectivity index (χ0n) is 33.1. The molecule has 0 radical (unpaired) electrons. The first-order chi connectivity index (χ1) is 21.7. The second-order valence-corrected chi connectivity index (χ2v) is 19.3. The molecule has 9 nitrogen and oxygen atoms in total. The molecule has 3 saturated heterocycles. The molecule has 0 amide bonds. The Balaban J connectivity index is 1.79. The van der Waals surface area contributed by atoms with Crippen molar-refractivity contribution >= 4 is 17.9 Å². The van der Waals surface area contributed by atoms with Crippen LogP contribution in [0.25, 0.3) is 0 Å². The van der Waals surface area contributed by atoms with Gasteiger partial charge < -0.3 is 30.2 Å². The van der Waals surface area contributed by atoms with Crippen LogP contribution in [0.1, 0.15) is 155 Å². The number of carbonyl (C=O) groups is 3. The maximum Gasteiger partial charge on any atom is 0.320 e. The topological polar surface area (TPSA) is 115 Å². The summed E-state index contributed by atoms with van der Waals surface area (Å²) in [7, 11) is 0. The van der Waals surface area contributed by atoms with E-state index in [1.54, 1.807) is 0 Å². The van der Waals surface area contributed by atoms with Crippen molar-refractivity contribution < 1.29 is 28.6 Å². The molecule has 3 aliphatic heterocycles. The van der Waals surface area contributed by atoms with Gasteiger partial charge in [-0.3, -0.25) is 14.4 Å². The summed E-state index contributed by atoms with van der Waals surface area (Å²) in [5.74, 6) is -1.87. The molecule has 3 aliphatic rings. The Morgan fingerprint density at radius 2 is 0.812 bits per heavy atom. The molecule has 3 N–H and O–H groups in total. The van der Waals surface area contributed by atoms with Crippen molar-refractivity contribution in [2.45, 2.75) is 207 Å². The summed E-state index contributed by atoms with van der Waals surface area (Å²) in [6.45, 7) is 32.3. The molecule has 6 atom stereocenters. The van der Waals surface area contributed by atoms with E-state index >= 15 is 0 Å². The lowest BCUT2D eigenvalue weighted by molar-refractivity contribution is -0.173. The predicted octanol–water partition coefficient (Wildman–Crippen LogP) is 6.85. The van der Waals surface area contributed by atoms with Gasteiger partial charge in [0.15, 0.2) is 5.92 Å². The Hall–Kier alpha value is -1.71. The van der Waals surface area contributed by atoms with Crippen LogP contribution in [-0.4, -0.2) is 69.5 Å². The first-order valence-electron chi connectivity index (χ1n) is 18.7. The zero-order valence-corrected chi connectivity index (χ0v) is 33.1. The molecule has 3 fully saturated rings. The lowest BCUT2D eigenvalue weighted by Crippen LogP contribution is -2.63. The molecule has 0 aromatic rings. The Morgan fingerprint density at radius 3 is 1.10 bits per heavy atom. The van der Waals surface area contributed by atoms with E-state index in [4.69, 9.17) is 14.2 Å². The Labute approximate surface area is 292 Å². The molecule has 6 unspecified atom stereocenters. The molecule has 0 bridgehead atoms. The average Bonchev–Trinajstić information content (AvgIpc) is 2.84. The van der Waals surface area contributed by atoms with Gasteiger partial charge in [0.2, 0.25) is 0 Å². The summed E-state index contributed by atoms with van der Waals surface area (Å²) in [6, 6.07) is 0. The molecule has 0 spiro atoms. The lowest BCUT2D eigenvalue weighted by atomic mass is 9.74. The normalized spacial score (nSPS) is 35.2. The van der Waals surface area contributed by atoms with E-state index in [1.165, 1.54) is 0 Å². The van der Waals surface area contributed by atoms with E-state index in [2.05, 4.69) is 120 Å². The van der Waals surface area contributed by atoms with Crippen LogP contribution in [0.4, 0.5) is 0 Å². The van der Waals surface area contributed by atoms with Gasteiger partial charge in [-0.05, 0) is 86.5 Å². The average molecular weight is 678 g/mol. The summed E-state index contributed by atoms with van der Waals surface area (Å²) in [5, 5.41) is 11.2. The van der Waals surface area contributed by atoms with Crippen LogP contribution in [0.15, 0.2) is 0 Å². The number of nitrogens with one attached hydrogen (secondary N) is 3. The van der Waals surface area contributed by atoms with Gasteiger partial charge in [-0.1, -0.05) is 41.5 Å². The van der Waals surface area contributed by atoms with Crippen LogP contribution >= 0.6 is 0 Å². The SMILES string of the molecule is CC(C)C1(C)CC(OC(=O)CCC(C(=O)OC2CC(C)(C)NC(C)(C(C)C)C2)C(=O)OC2CC(C)(C)NC(C)(C(C)C)C2)CC(C)(C)N1. The van der Waals surface area contributed by atoms with E-state index in [-0.39, 0.29) is 64.4 Å². The van der Waals surface area contributed by atoms with Crippen LogP contribution in [0, 0.1) is 23.7 Å². The van der Waals surface area contributed by atoms with Crippen molar-refractivity contribution in [3.8, 4) is 0 Å². The van der Waals surface area contributed by atoms with Crippen molar-refractivity contribution in [2.24, 2.45) is 23.7 Å². The number of rotatable bonds is 11. The molecule has 0 saturated carbocycles. The fourth-order valence-electron chi connectivity index (χ4n) is 8.69. The molecular formula is C39H71N3O6. The minimum atomic E-state index is -1.21. The quantitative estimate of drug-likeness (QED) is 0.123. The highest BCUT2D eigenvalue weighted by atomic mass is 16.6. The van der Waals surface area contributed by atoms with Gasteiger partial charge >= 0.3 is 17.9 Å². The van der Waals surface area contributed by atoms with Crippen molar-refractivity contribution in [3.05, 3.63) is 0 Å². The maximum atomic E-state index is 14.0. The highest BCUT2D eigenvalue weighted by Gasteiger charge is 2.48. The van der Waals surface area contributed by atoms with Crippen molar-refractivity contribution in [1.82, 2.24) is 16.0 Å². The standard InChI is InChI=1S/C39H71N3O6/c1-24(2)37(13)21-27(18-34(7,8)40-37)46-31(43)17-16-30(32(44)47-28-19-35(9,10)41-38(14,22-28)25(3)4)33(45)48-29-20-36(11,12)42-39(15,23-29)26(5)6/h24-30,40-42H,16-23H2,1-15H3. The monoisotopic (exact) mass is 678 g/mol. The van der Waals surface area contributed by atoms with Gasteiger partial charge in [-0.15, -0.1) is 0 Å². The Bertz CT molecular complexity index is 1110. The Kier molecular flexibility index (Phi) is 12.3. The number of ether oxygens (including phenoxy) is 3. The van der Waals surface area contributed by atoms with Gasteiger partial charge in [-0.25, -0.2) is 0 Å². The fraction of sp³-hybridized carbons (Fsp3) is 0.923. The van der Waals surface area contributed by atoms with Gasteiger partial charge in [0.1, 0.15) is 18.3 Å². The third-order valence-electron chi connectivity index (χ3n) is 11.9. The van der Waals surface area contributed by atoms with Gasteiger partial charge in [0.05, 0.1) is 0 Å². The van der Waals surface area contributed by atoms with E-state index in [1.807, 2.05) is 0 Å². The summed E-state index contributed by atoms with van der Waals surface area (Å²) in [6.07, 6.45) is 2.85. The fourth-order valence-corrected chi connectivity index (χ4v) is 8.69. The van der Waals surface area contributed by atoms with Crippen LogP contribution in [0.3, 0.4) is 0 Å². The largest absolute Gasteiger partial charge is 0.462 e. The molecule has 48 heavy (non-hydrogen) atoms. The second kappa shape index (κ2) is 14.5. The first-order valence-corrected chi connectivity index (χ1v) is 18.7. The van der Waals surface area contributed by atoms with Gasteiger partial charge in [-0.2, -0.15) is 0 Å². The van der Waals surface area contributed by atoms with Gasteiger partial charge in [0, 0.05) is 78.2 Å². The molecule has 0 aromatic heterocycles. The smallest absolute Gasteiger partial charge is 0.320 e. The third-order valence-corrected chi connectivity index (χ3v) is 11.9. The highest BCUT2D eigenvalue weighted by Crippen LogP contribution is 2.38. The number of esters is 3. The van der Waals surface area contributed by atoms with Crippen molar-refractivity contribution in [3.63, 3.8) is 0 Å². The zero-order chi connectivity index (χ0) is 36.7. The van der Waals surface area contributed by atoms with E-state index in [0.717, 1.165) is 0 Å². The molecule has 3 rings (SSSR count). The first kappa shape index (κ1) is 40.7. The summed E-state index contributed by atoms with van der Waals surface area (Å²) in [5.41, 5.74) is -1.35. The molecule has 9 heteroatoms. The van der Waals surface area contributed by atoms with Crippen molar-refractivity contribution in [1.29, 1.82) is 0 Å². The van der Waals surface area contributed by atoms with E-state index in [0.29, 0.717) is 56.3 Å². The summed E-state index contributed by atoms with van der Waals surface area (Å²) >= 11 is 0. The molecule has 0 aliphatic carbocycles. The summed E-state index contributed by atoms with van der Waals surface area (Å²) < 4.78 is 18.4. The number of hydrogen-bond donors (Lipinski definition) is 3. The second-order valence-electron chi connectivity index (χ2n) is 19.3. The highest BCUT2D eigenvalue weighted by molar-refractivity contribution is 5.95. The molecule has 0 aromatic carbocycles. The minimum Gasteiger partial charge on any atom is -0.462 e. The number of carbonyl (C=O) groups excluding carboxylic acids is 3. The minimum absolute atomic E-state index is 0.0159. The maximum absolute atomic E-state index is 14.0. The number of hydrogen-bond acceptors (Lipinski definition) is 9. The van der Waals surface area contributed by atoms with Crippen LogP contribution in [-0.2, 0) is 28.6 Å². The third kappa shape index (κ3) is 10.4. The van der Waals surface area contributed by atoms with Crippen molar-refractivity contribution in [2.75, 3.05) is 0 Å². The van der Waals surface area contributed by atoms with Crippen LogP contribution in [0.2, 0.25) is 0 Å². The predicted molar refractivity (Wildman–Crippen MR) is 191 cm³/mol. The van der Waals surface area contributed by atoms with Crippen LogP contribution in [0.5, 0.6) is 0 Å². The van der Waals surface area contributed by atoms with E-state index < -0.39 is 23.8 Å². The van der Waals surface area contributed by atoms with Gasteiger partial charge in [0.25, 0.3) is 0 Å². The molecule has 278 valence electrons. The number of piperidine rings is 3. The summed E-state index contributed by atoms with van der Waals surface area (Å²) in [4.78, 5) is 41.3. The lowest BCUT2D eigenvalue weighted by Gasteiger charge is -2.50. The Morgan fingerprint density at radius 1 is 0.521 bits per heavy atom. The molecule has 3 heterocycles. The van der Waals surface area contributed by atoms with Crippen LogP contribution < -0.4 is 16.0 Å². The van der Waals surface area contributed by atoms with E-state index in [9.17, 15) is 14.4 Å².